The zero-order valence-corrected chi connectivity index (χ0v) is 21.6. The average molecular weight is 503 g/mol. The minimum atomic E-state index is -4.02. The number of hydrogen-bond donors (Lipinski definition) is 1. The fraction of sp³-hybridized carbons (Fsp3) is 0.360. The van der Waals surface area contributed by atoms with Crippen molar-refractivity contribution in [1.29, 1.82) is 0 Å². The maximum Gasteiger partial charge on any atom is 0.243 e. The van der Waals surface area contributed by atoms with Crippen molar-refractivity contribution in [2.45, 2.75) is 51.0 Å². The third-order valence-electron chi connectivity index (χ3n) is 5.36. The van der Waals surface area contributed by atoms with Crippen LogP contribution in [0.1, 0.15) is 40.3 Å². The molecule has 1 N–H and O–H groups in total. The quantitative estimate of drug-likeness (QED) is 0.494. The van der Waals surface area contributed by atoms with E-state index in [1.165, 1.54) is 12.1 Å². The first kappa shape index (κ1) is 26.4. The molecule has 1 heterocycles. The summed E-state index contributed by atoms with van der Waals surface area (Å²) in [6.45, 7) is 8.95. The Labute approximate surface area is 205 Å². The van der Waals surface area contributed by atoms with E-state index in [0.717, 1.165) is 22.1 Å². The lowest BCUT2D eigenvalue weighted by molar-refractivity contribution is -0.116. The number of nitrogens with zero attached hydrogens (tertiary/aromatic N) is 3. The lowest BCUT2D eigenvalue weighted by atomic mass is 9.92. The highest BCUT2D eigenvalue weighted by Crippen LogP contribution is 2.27. The van der Waals surface area contributed by atoms with E-state index < -0.39 is 34.3 Å². The smallest absolute Gasteiger partial charge is 0.243 e. The minimum absolute atomic E-state index is 0.0845. The summed E-state index contributed by atoms with van der Waals surface area (Å²) in [6.07, 6.45) is 0. The van der Waals surface area contributed by atoms with Crippen LogP contribution in [-0.2, 0) is 20.2 Å². The molecular formula is C25H31FN4O4S. The lowest BCUT2D eigenvalue weighted by Crippen LogP contribution is -2.42. The molecule has 0 aliphatic heterocycles. The first-order valence-electron chi connectivity index (χ1n) is 11.1. The van der Waals surface area contributed by atoms with Crippen LogP contribution < -0.4 is 10.1 Å². The van der Waals surface area contributed by atoms with Gasteiger partial charge in [-0.1, -0.05) is 20.8 Å². The Morgan fingerprint density at radius 3 is 2.23 bits per heavy atom. The highest BCUT2D eigenvalue weighted by Gasteiger charge is 2.30. The Balaban J connectivity index is 1.91. The molecule has 188 valence electrons. The highest BCUT2D eigenvalue weighted by molar-refractivity contribution is 7.89. The van der Waals surface area contributed by atoms with Gasteiger partial charge < -0.3 is 10.1 Å². The van der Waals surface area contributed by atoms with E-state index in [2.05, 4.69) is 10.4 Å². The van der Waals surface area contributed by atoms with Gasteiger partial charge in [-0.3, -0.25) is 4.79 Å². The van der Waals surface area contributed by atoms with Gasteiger partial charge in [-0.25, -0.2) is 17.5 Å². The van der Waals surface area contributed by atoms with Crippen molar-refractivity contribution in [1.82, 2.24) is 14.1 Å². The SMILES string of the molecule is COc1ccc(-n2nc(C(C)(C)C)cc2NC(=O)CN(C(C)C)S(=O)(=O)c2ccc(F)cc2)cc1. The molecule has 0 fully saturated rings. The van der Waals surface area contributed by atoms with Crippen molar-refractivity contribution in [2.75, 3.05) is 19.0 Å². The second kappa shape index (κ2) is 10.2. The highest BCUT2D eigenvalue weighted by atomic mass is 32.2. The number of carbonyl (C=O) groups excluding carboxylic acids is 1. The Bertz CT molecular complexity index is 1280. The van der Waals surface area contributed by atoms with Gasteiger partial charge in [-0.2, -0.15) is 9.40 Å². The molecule has 1 amide bonds. The second-order valence-electron chi connectivity index (χ2n) is 9.42. The van der Waals surface area contributed by atoms with Crippen LogP contribution in [-0.4, -0.2) is 48.1 Å². The third kappa shape index (κ3) is 6.07. The number of sulfonamides is 1. The number of benzene rings is 2. The molecule has 0 unspecified atom stereocenters. The van der Waals surface area contributed by atoms with Gasteiger partial charge in [0.15, 0.2) is 0 Å². The molecule has 0 saturated carbocycles. The first-order chi connectivity index (χ1) is 16.3. The van der Waals surface area contributed by atoms with E-state index in [-0.39, 0.29) is 10.3 Å². The fourth-order valence-electron chi connectivity index (χ4n) is 3.37. The lowest BCUT2D eigenvalue weighted by Gasteiger charge is -2.25. The van der Waals surface area contributed by atoms with Crippen molar-refractivity contribution in [3.63, 3.8) is 0 Å². The van der Waals surface area contributed by atoms with Gasteiger partial charge in [-0.05, 0) is 62.4 Å². The molecule has 8 nitrogen and oxygen atoms in total. The molecule has 10 heteroatoms. The molecule has 1 aromatic heterocycles. The number of nitrogens with one attached hydrogen (secondary N) is 1. The van der Waals surface area contributed by atoms with E-state index in [0.29, 0.717) is 17.3 Å². The number of amides is 1. The summed E-state index contributed by atoms with van der Waals surface area (Å²) in [6, 6.07) is 13.0. The van der Waals surface area contributed by atoms with Gasteiger partial charge >= 0.3 is 0 Å². The topological polar surface area (TPSA) is 93.5 Å². The molecule has 3 aromatic rings. The molecular weight excluding hydrogens is 471 g/mol. The second-order valence-corrected chi connectivity index (χ2v) is 11.3. The van der Waals surface area contributed by atoms with Crippen LogP contribution in [0.3, 0.4) is 0 Å². The number of carbonyl (C=O) groups is 1. The third-order valence-corrected chi connectivity index (χ3v) is 7.39. The molecule has 0 aliphatic carbocycles. The predicted molar refractivity (Wildman–Crippen MR) is 133 cm³/mol. The van der Waals surface area contributed by atoms with Crippen LogP contribution in [0.5, 0.6) is 5.75 Å². The number of rotatable bonds is 8. The molecule has 0 radical (unpaired) electrons. The van der Waals surface area contributed by atoms with E-state index >= 15 is 0 Å². The van der Waals surface area contributed by atoms with Crippen LogP contribution in [0, 0.1) is 5.82 Å². The van der Waals surface area contributed by atoms with Crippen LogP contribution in [0.25, 0.3) is 5.69 Å². The summed E-state index contributed by atoms with van der Waals surface area (Å²) in [5.74, 6) is 0.0211. The normalized spacial score (nSPS) is 12.3. The number of halogens is 1. The number of aromatic nitrogens is 2. The van der Waals surface area contributed by atoms with Crippen LogP contribution >= 0.6 is 0 Å². The Morgan fingerprint density at radius 1 is 1.11 bits per heavy atom. The monoisotopic (exact) mass is 502 g/mol. The molecule has 3 rings (SSSR count). The zero-order valence-electron chi connectivity index (χ0n) is 20.7. The van der Waals surface area contributed by atoms with Crippen molar-refractivity contribution in [3.8, 4) is 11.4 Å². The minimum Gasteiger partial charge on any atom is -0.497 e. The van der Waals surface area contributed by atoms with Crippen LogP contribution in [0.4, 0.5) is 10.2 Å². The van der Waals surface area contributed by atoms with E-state index in [1.807, 2.05) is 32.9 Å². The number of anilines is 1. The molecule has 0 saturated heterocycles. The average Bonchev–Trinajstić information content (AvgIpc) is 3.21. The van der Waals surface area contributed by atoms with Crippen LogP contribution in [0.2, 0.25) is 0 Å². The van der Waals surface area contributed by atoms with Gasteiger partial charge in [-0.15, -0.1) is 0 Å². The van der Waals surface area contributed by atoms with Crippen molar-refractivity contribution < 1.29 is 22.3 Å². The van der Waals surface area contributed by atoms with E-state index in [9.17, 15) is 17.6 Å². The standard InChI is InChI=1S/C25H31FN4O4S/c1-17(2)29(35(32,33)21-13-7-18(26)8-14-21)16-24(31)27-23-15-22(25(3,4)5)28-30(23)19-9-11-20(34-6)12-10-19/h7-15,17H,16H2,1-6H3,(H,27,31). The van der Waals surface area contributed by atoms with Crippen molar-refractivity contribution >= 4 is 21.7 Å². The predicted octanol–water partition coefficient (Wildman–Crippen LogP) is 4.36. The van der Waals surface area contributed by atoms with Crippen LogP contribution in [0.15, 0.2) is 59.5 Å². The molecule has 35 heavy (non-hydrogen) atoms. The summed E-state index contributed by atoms with van der Waals surface area (Å²) >= 11 is 0. The molecule has 2 aromatic carbocycles. The maximum absolute atomic E-state index is 13.3. The fourth-order valence-corrected chi connectivity index (χ4v) is 4.96. The van der Waals surface area contributed by atoms with Gasteiger partial charge in [0, 0.05) is 17.5 Å². The molecule has 0 bridgehead atoms. The summed E-state index contributed by atoms with van der Waals surface area (Å²) in [4.78, 5) is 13.0. The number of ether oxygens (including phenoxy) is 1. The van der Waals surface area contributed by atoms with Gasteiger partial charge in [0.2, 0.25) is 15.9 Å². The van der Waals surface area contributed by atoms with Gasteiger partial charge in [0.1, 0.15) is 17.4 Å². The van der Waals surface area contributed by atoms with Crippen molar-refractivity contribution in [3.05, 3.63) is 66.1 Å². The number of hydrogen-bond acceptors (Lipinski definition) is 5. The van der Waals surface area contributed by atoms with Gasteiger partial charge in [0.25, 0.3) is 0 Å². The van der Waals surface area contributed by atoms with E-state index in [4.69, 9.17) is 4.74 Å². The van der Waals surface area contributed by atoms with Crippen molar-refractivity contribution in [2.24, 2.45) is 0 Å². The zero-order chi connectivity index (χ0) is 26.0. The number of methoxy groups -OCH3 is 1. The first-order valence-corrected chi connectivity index (χ1v) is 12.6. The summed E-state index contributed by atoms with van der Waals surface area (Å²) < 4.78 is 47.5. The summed E-state index contributed by atoms with van der Waals surface area (Å²) in [5, 5.41) is 7.49. The summed E-state index contributed by atoms with van der Waals surface area (Å²) in [5.41, 5.74) is 1.17. The maximum atomic E-state index is 13.3. The Morgan fingerprint density at radius 2 is 1.71 bits per heavy atom. The Hall–Kier alpha value is -3.24. The van der Waals surface area contributed by atoms with Gasteiger partial charge in [0.05, 0.1) is 29.9 Å². The van der Waals surface area contributed by atoms with E-state index in [1.54, 1.807) is 43.8 Å². The summed E-state index contributed by atoms with van der Waals surface area (Å²) in [7, 11) is -2.45. The Kier molecular flexibility index (Phi) is 7.66. The molecule has 0 atom stereocenters. The largest absolute Gasteiger partial charge is 0.497 e. The molecule has 0 aliphatic rings. The molecule has 0 spiro atoms.